The SMILES string of the molecule is CCC1CCCN(C(CC#N)c2ccccc2)C1. The van der Waals surface area contributed by atoms with Gasteiger partial charge in [-0.25, -0.2) is 0 Å². The third-order valence-electron chi connectivity index (χ3n) is 4.04. The predicted molar refractivity (Wildman–Crippen MR) is 74.0 cm³/mol. The lowest BCUT2D eigenvalue weighted by Crippen LogP contribution is -2.38. The molecule has 2 atom stereocenters. The molecule has 1 aliphatic rings. The molecule has 2 nitrogen and oxygen atoms in total. The molecule has 18 heavy (non-hydrogen) atoms. The van der Waals surface area contributed by atoms with Crippen LogP contribution in [0.4, 0.5) is 0 Å². The summed E-state index contributed by atoms with van der Waals surface area (Å²) in [5, 5.41) is 9.08. The summed E-state index contributed by atoms with van der Waals surface area (Å²) in [7, 11) is 0. The van der Waals surface area contributed by atoms with Gasteiger partial charge in [0.15, 0.2) is 0 Å². The van der Waals surface area contributed by atoms with Crippen LogP contribution in [0.2, 0.25) is 0 Å². The monoisotopic (exact) mass is 242 g/mol. The third kappa shape index (κ3) is 3.11. The maximum atomic E-state index is 9.08. The Balaban J connectivity index is 2.13. The van der Waals surface area contributed by atoms with Crippen molar-refractivity contribution in [2.45, 2.75) is 38.6 Å². The normalized spacial score (nSPS) is 22.3. The molecule has 2 heteroatoms. The van der Waals surface area contributed by atoms with E-state index in [-0.39, 0.29) is 6.04 Å². The molecule has 0 spiro atoms. The molecular weight excluding hydrogens is 220 g/mol. The van der Waals surface area contributed by atoms with Crippen LogP contribution in [-0.4, -0.2) is 18.0 Å². The summed E-state index contributed by atoms with van der Waals surface area (Å²) in [5.74, 6) is 0.809. The largest absolute Gasteiger partial charge is 0.295 e. The zero-order chi connectivity index (χ0) is 12.8. The quantitative estimate of drug-likeness (QED) is 0.803. The molecule has 0 radical (unpaired) electrons. The van der Waals surface area contributed by atoms with Crippen LogP contribution in [0, 0.1) is 17.2 Å². The van der Waals surface area contributed by atoms with Gasteiger partial charge in [-0.15, -0.1) is 0 Å². The Hall–Kier alpha value is -1.33. The molecule has 1 fully saturated rings. The van der Waals surface area contributed by atoms with E-state index in [1.54, 1.807) is 0 Å². The number of benzene rings is 1. The molecule has 0 N–H and O–H groups in total. The second kappa shape index (κ2) is 6.56. The second-order valence-corrected chi connectivity index (χ2v) is 5.20. The van der Waals surface area contributed by atoms with Crippen molar-refractivity contribution in [2.24, 2.45) is 5.92 Å². The lowest BCUT2D eigenvalue weighted by molar-refractivity contribution is 0.122. The fourth-order valence-corrected chi connectivity index (χ4v) is 2.93. The van der Waals surface area contributed by atoms with Crippen LogP contribution in [0.15, 0.2) is 30.3 Å². The van der Waals surface area contributed by atoms with Crippen molar-refractivity contribution in [3.05, 3.63) is 35.9 Å². The number of piperidine rings is 1. The van der Waals surface area contributed by atoms with Gasteiger partial charge in [-0.05, 0) is 30.9 Å². The highest BCUT2D eigenvalue weighted by atomic mass is 15.2. The van der Waals surface area contributed by atoms with Crippen LogP contribution in [0.25, 0.3) is 0 Å². The maximum Gasteiger partial charge on any atom is 0.0641 e. The van der Waals surface area contributed by atoms with E-state index in [9.17, 15) is 0 Å². The number of nitriles is 1. The average molecular weight is 242 g/mol. The van der Waals surface area contributed by atoms with E-state index in [1.165, 1.54) is 24.8 Å². The molecular formula is C16H22N2. The van der Waals surface area contributed by atoms with Gasteiger partial charge >= 0.3 is 0 Å². The standard InChI is InChI=1S/C16H22N2/c1-2-14-7-6-12-18(13-14)16(10-11-17)15-8-4-3-5-9-15/h3-5,8-9,14,16H,2,6-7,10,12-13H2,1H3. The van der Waals surface area contributed by atoms with Crippen molar-refractivity contribution in [3.63, 3.8) is 0 Å². The van der Waals surface area contributed by atoms with Gasteiger partial charge in [0, 0.05) is 12.6 Å². The first-order chi connectivity index (χ1) is 8.85. The zero-order valence-corrected chi connectivity index (χ0v) is 11.2. The summed E-state index contributed by atoms with van der Waals surface area (Å²) in [5.41, 5.74) is 1.29. The molecule has 1 aromatic carbocycles. The van der Waals surface area contributed by atoms with Crippen molar-refractivity contribution in [1.82, 2.24) is 4.90 Å². The van der Waals surface area contributed by atoms with Gasteiger partial charge in [0.2, 0.25) is 0 Å². The molecule has 0 aromatic heterocycles. The van der Waals surface area contributed by atoms with Gasteiger partial charge in [0.05, 0.1) is 12.5 Å². The van der Waals surface area contributed by atoms with Crippen LogP contribution >= 0.6 is 0 Å². The molecule has 0 bridgehead atoms. The summed E-state index contributed by atoms with van der Waals surface area (Å²) in [6.45, 7) is 4.56. The highest BCUT2D eigenvalue weighted by molar-refractivity contribution is 5.20. The fourth-order valence-electron chi connectivity index (χ4n) is 2.93. The molecule has 1 aromatic rings. The first kappa shape index (κ1) is 13.1. The van der Waals surface area contributed by atoms with E-state index in [1.807, 2.05) is 6.07 Å². The number of rotatable bonds is 4. The smallest absolute Gasteiger partial charge is 0.0641 e. The summed E-state index contributed by atoms with van der Waals surface area (Å²) in [4.78, 5) is 2.51. The van der Waals surface area contributed by atoms with Gasteiger partial charge < -0.3 is 0 Å². The lowest BCUT2D eigenvalue weighted by Gasteiger charge is -2.37. The van der Waals surface area contributed by atoms with Crippen LogP contribution in [-0.2, 0) is 0 Å². The van der Waals surface area contributed by atoms with E-state index in [0.717, 1.165) is 19.0 Å². The van der Waals surface area contributed by atoms with E-state index < -0.39 is 0 Å². The maximum absolute atomic E-state index is 9.08. The fraction of sp³-hybridized carbons (Fsp3) is 0.562. The minimum Gasteiger partial charge on any atom is -0.295 e. The minimum atomic E-state index is 0.283. The Morgan fingerprint density at radius 3 is 2.83 bits per heavy atom. The first-order valence-electron chi connectivity index (χ1n) is 7.01. The first-order valence-corrected chi connectivity index (χ1v) is 7.01. The summed E-state index contributed by atoms with van der Waals surface area (Å²) >= 11 is 0. The third-order valence-corrected chi connectivity index (χ3v) is 4.04. The molecule has 2 rings (SSSR count). The zero-order valence-electron chi connectivity index (χ0n) is 11.2. The molecule has 0 saturated carbocycles. The number of hydrogen-bond donors (Lipinski definition) is 0. The number of likely N-dealkylation sites (tertiary alicyclic amines) is 1. The van der Waals surface area contributed by atoms with Crippen molar-refractivity contribution < 1.29 is 0 Å². The number of hydrogen-bond acceptors (Lipinski definition) is 2. The Kier molecular flexibility index (Phi) is 4.78. The van der Waals surface area contributed by atoms with E-state index in [0.29, 0.717) is 6.42 Å². The highest BCUT2D eigenvalue weighted by Gasteiger charge is 2.25. The Morgan fingerprint density at radius 2 is 2.17 bits per heavy atom. The predicted octanol–water partition coefficient (Wildman–Crippen LogP) is 3.76. The molecule has 0 amide bonds. The summed E-state index contributed by atoms with van der Waals surface area (Å²) in [6, 6.07) is 13.1. The van der Waals surface area contributed by atoms with E-state index >= 15 is 0 Å². The van der Waals surface area contributed by atoms with Gasteiger partial charge in [0.1, 0.15) is 0 Å². The van der Waals surface area contributed by atoms with Crippen LogP contribution in [0.5, 0.6) is 0 Å². The molecule has 1 aliphatic heterocycles. The van der Waals surface area contributed by atoms with E-state index in [4.69, 9.17) is 5.26 Å². The summed E-state index contributed by atoms with van der Waals surface area (Å²) in [6.07, 6.45) is 4.47. The van der Waals surface area contributed by atoms with Crippen molar-refractivity contribution in [3.8, 4) is 6.07 Å². The molecule has 1 saturated heterocycles. The molecule has 0 aliphatic carbocycles. The average Bonchev–Trinajstić information content (AvgIpc) is 2.46. The van der Waals surface area contributed by atoms with Crippen molar-refractivity contribution in [1.29, 1.82) is 5.26 Å². The van der Waals surface area contributed by atoms with Crippen LogP contribution in [0.3, 0.4) is 0 Å². The molecule has 2 unspecified atom stereocenters. The van der Waals surface area contributed by atoms with Crippen LogP contribution in [0.1, 0.15) is 44.2 Å². The van der Waals surface area contributed by atoms with Gasteiger partial charge in [-0.1, -0.05) is 43.7 Å². The van der Waals surface area contributed by atoms with Crippen molar-refractivity contribution in [2.75, 3.05) is 13.1 Å². The second-order valence-electron chi connectivity index (χ2n) is 5.20. The highest BCUT2D eigenvalue weighted by Crippen LogP contribution is 2.30. The van der Waals surface area contributed by atoms with Gasteiger partial charge in [-0.3, -0.25) is 4.90 Å². The van der Waals surface area contributed by atoms with Gasteiger partial charge in [0.25, 0.3) is 0 Å². The number of nitrogens with zero attached hydrogens (tertiary/aromatic N) is 2. The van der Waals surface area contributed by atoms with Crippen molar-refractivity contribution >= 4 is 0 Å². The van der Waals surface area contributed by atoms with E-state index in [2.05, 4.69) is 42.2 Å². The summed E-state index contributed by atoms with van der Waals surface area (Å²) < 4.78 is 0. The Morgan fingerprint density at radius 1 is 1.39 bits per heavy atom. The Bertz CT molecular complexity index is 393. The minimum absolute atomic E-state index is 0.283. The molecule has 96 valence electrons. The Labute approximate surface area is 110 Å². The lowest BCUT2D eigenvalue weighted by atomic mass is 9.92. The topological polar surface area (TPSA) is 27.0 Å². The van der Waals surface area contributed by atoms with Gasteiger partial charge in [-0.2, -0.15) is 5.26 Å². The van der Waals surface area contributed by atoms with Crippen LogP contribution < -0.4 is 0 Å². The molecule has 1 heterocycles.